The predicted molar refractivity (Wildman–Crippen MR) is 75.2 cm³/mol. The van der Waals surface area contributed by atoms with Gasteiger partial charge in [0.2, 0.25) is 5.16 Å². The lowest BCUT2D eigenvalue weighted by molar-refractivity contribution is 0.975. The molecule has 0 unspecified atom stereocenters. The van der Waals surface area contributed by atoms with Crippen LogP contribution in [0.3, 0.4) is 0 Å². The number of aromatic nitrogens is 3. The maximum Gasteiger partial charge on any atom is 0.209 e. The third-order valence-corrected chi connectivity index (χ3v) is 3.87. The highest BCUT2D eigenvalue weighted by molar-refractivity contribution is 9.10. The topological polar surface area (TPSA) is 41.6 Å². The Hall–Kier alpha value is -0.780. The molecule has 6 heteroatoms. The first-order valence-electron chi connectivity index (χ1n) is 4.80. The lowest BCUT2D eigenvalue weighted by Gasteiger charge is -1.98. The Morgan fingerprint density at radius 3 is 2.94 bits per heavy atom. The lowest BCUT2D eigenvalue weighted by Crippen LogP contribution is -1.82. The normalized spacial score (nSPS) is 10.5. The average Bonchev–Trinajstić information content (AvgIpc) is 2.75. The van der Waals surface area contributed by atoms with E-state index in [0.717, 1.165) is 15.9 Å². The Labute approximate surface area is 117 Å². The van der Waals surface area contributed by atoms with Gasteiger partial charge in [-0.3, -0.25) is 5.10 Å². The first-order chi connectivity index (χ1) is 8.16. The molecule has 0 bridgehead atoms. The van der Waals surface area contributed by atoms with E-state index in [4.69, 9.17) is 11.6 Å². The molecule has 1 heterocycles. The quantitative estimate of drug-likeness (QED) is 0.859. The number of rotatable bonds is 4. The van der Waals surface area contributed by atoms with Crippen LogP contribution in [0, 0.1) is 0 Å². The first kappa shape index (κ1) is 12.7. The van der Waals surface area contributed by atoms with E-state index in [-0.39, 0.29) is 0 Å². The van der Waals surface area contributed by atoms with Crippen LogP contribution in [0.1, 0.15) is 0 Å². The Bertz CT molecular complexity index is 541. The zero-order valence-corrected chi connectivity index (χ0v) is 11.9. The molecule has 88 valence electrons. The van der Waals surface area contributed by atoms with E-state index >= 15 is 0 Å². The van der Waals surface area contributed by atoms with E-state index in [1.165, 1.54) is 11.8 Å². The number of halogens is 2. The van der Waals surface area contributed by atoms with Crippen molar-refractivity contribution in [3.8, 4) is 11.4 Å². The number of aromatic amines is 1. The Kier molecular flexibility index (Phi) is 4.25. The Morgan fingerprint density at radius 1 is 1.47 bits per heavy atom. The maximum absolute atomic E-state index is 5.69. The number of benzene rings is 1. The summed E-state index contributed by atoms with van der Waals surface area (Å²) in [6, 6.07) is 7.85. The minimum atomic E-state index is 0.585. The summed E-state index contributed by atoms with van der Waals surface area (Å²) in [6.07, 6.45) is 0. The molecule has 0 atom stereocenters. The molecule has 0 aliphatic carbocycles. The van der Waals surface area contributed by atoms with Crippen LogP contribution in [0.15, 0.2) is 45.5 Å². The molecule has 0 radical (unpaired) electrons. The molecule has 0 aliphatic rings. The summed E-state index contributed by atoms with van der Waals surface area (Å²) in [5.41, 5.74) is 0.983. The van der Waals surface area contributed by atoms with Crippen molar-refractivity contribution in [2.75, 3.05) is 5.75 Å². The summed E-state index contributed by atoms with van der Waals surface area (Å²) in [4.78, 5) is 4.38. The van der Waals surface area contributed by atoms with Crippen molar-refractivity contribution in [2.45, 2.75) is 5.16 Å². The molecule has 1 aromatic heterocycles. The lowest BCUT2D eigenvalue weighted by atomic mass is 10.2. The third-order valence-electron chi connectivity index (χ3n) is 1.95. The van der Waals surface area contributed by atoms with Gasteiger partial charge in [-0.05, 0) is 6.07 Å². The van der Waals surface area contributed by atoms with Gasteiger partial charge in [-0.25, -0.2) is 4.98 Å². The van der Waals surface area contributed by atoms with Gasteiger partial charge < -0.3 is 0 Å². The summed E-state index contributed by atoms with van der Waals surface area (Å²) in [7, 11) is 0. The van der Waals surface area contributed by atoms with Crippen molar-refractivity contribution in [1.82, 2.24) is 15.2 Å². The smallest absolute Gasteiger partial charge is 0.209 e. The van der Waals surface area contributed by atoms with Gasteiger partial charge in [0.1, 0.15) is 0 Å². The standard InChI is InChI=1S/C11H9BrClN3S/c1-7(13)6-17-11-14-10(15-16-11)8-4-2-3-5-9(8)12/h2-5H,1,6H2,(H,14,15,16). The fourth-order valence-electron chi connectivity index (χ4n) is 1.23. The number of hydrogen-bond donors (Lipinski definition) is 1. The zero-order valence-electron chi connectivity index (χ0n) is 8.78. The second kappa shape index (κ2) is 5.71. The number of nitrogens with one attached hydrogen (secondary N) is 1. The SMILES string of the molecule is C=C(Cl)CSc1n[nH]c(-c2ccccc2Br)n1. The molecule has 2 rings (SSSR count). The van der Waals surface area contributed by atoms with Gasteiger partial charge in [0.15, 0.2) is 5.82 Å². The summed E-state index contributed by atoms with van der Waals surface area (Å²) in [5, 5.41) is 8.26. The molecule has 0 fully saturated rings. The minimum absolute atomic E-state index is 0.585. The van der Waals surface area contributed by atoms with Crippen LogP contribution < -0.4 is 0 Å². The molecule has 1 aromatic carbocycles. The maximum atomic E-state index is 5.69. The van der Waals surface area contributed by atoms with Gasteiger partial charge in [-0.2, -0.15) is 0 Å². The average molecular weight is 331 g/mol. The molecule has 0 saturated heterocycles. The van der Waals surface area contributed by atoms with Crippen molar-refractivity contribution in [3.63, 3.8) is 0 Å². The van der Waals surface area contributed by atoms with Gasteiger partial charge in [0, 0.05) is 20.8 Å². The fourth-order valence-corrected chi connectivity index (χ4v) is 2.42. The van der Waals surface area contributed by atoms with Crippen LogP contribution in [-0.4, -0.2) is 20.9 Å². The highest BCUT2D eigenvalue weighted by Crippen LogP contribution is 2.26. The van der Waals surface area contributed by atoms with Crippen LogP contribution in [0.4, 0.5) is 0 Å². The minimum Gasteiger partial charge on any atom is -0.258 e. The van der Waals surface area contributed by atoms with E-state index in [1.54, 1.807) is 0 Å². The summed E-state index contributed by atoms with van der Waals surface area (Å²) >= 11 is 10.6. The summed E-state index contributed by atoms with van der Waals surface area (Å²) in [5.74, 6) is 1.34. The first-order valence-corrected chi connectivity index (χ1v) is 6.96. The molecule has 0 aliphatic heterocycles. The van der Waals surface area contributed by atoms with Crippen LogP contribution in [0.5, 0.6) is 0 Å². The summed E-state index contributed by atoms with van der Waals surface area (Å²) in [6.45, 7) is 3.62. The third kappa shape index (κ3) is 3.34. The van der Waals surface area contributed by atoms with Crippen LogP contribution in [0.2, 0.25) is 0 Å². The van der Waals surface area contributed by atoms with E-state index in [0.29, 0.717) is 15.9 Å². The van der Waals surface area contributed by atoms with Crippen molar-refractivity contribution in [1.29, 1.82) is 0 Å². The van der Waals surface area contributed by atoms with Gasteiger partial charge in [-0.15, -0.1) is 5.10 Å². The summed E-state index contributed by atoms with van der Waals surface area (Å²) < 4.78 is 0.981. The highest BCUT2D eigenvalue weighted by Gasteiger charge is 2.08. The molecular formula is C11H9BrClN3S. The fraction of sp³-hybridized carbons (Fsp3) is 0.0909. The van der Waals surface area contributed by atoms with Gasteiger partial charge in [0.05, 0.1) is 0 Å². The van der Waals surface area contributed by atoms with E-state index in [9.17, 15) is 0 Å². The monoisotopic (exact) mass is 329 g/mol. The van der Waals surface area contributed by atoms with Crippen molar-refractivity contribution in [2.24, 2.45) is 0 Å². The molecular weight excluding hydrogens is 322 g/mol. The molecule has 2 aromatic rings. The molecule has 0 spiro atoms. The van der Waals surface area contributed by atoms with E-state index < -0.39 is 0 Å². The second-order valence-electron chi connectivity index (χ2n) is 3.25. The van der Waals surface area contributed by atoms with Gasteiger partial charge >= 0.3 is 0 Å². The molecule has 17 heavy (non-hydrogen) atoms. The molecule has 0 saturated carbocycles. The van der Waals surface area contributed by atoms with Crippen LogP contribution >= 0.6 is 39.3 Å². The molecule has 0 amide bonds. The van der Waals surface area contributed by atoms with E-state index in [1.807, 2.05) is 24.3 Å². The van der Waals surface area contributed by atoms with Crippen LogP contribution in [0.25, 0.3) is 11.4 Å². The Balaban J connectivity index is 2.18. The highest BCUT2D eigenvalue weighted by atomic mass is 79.9. The van der Waals surface area contributed by atoms with Crippen LogP contribution in [-0.2, 0) is 0 Å². The van der Waals surface area contributed by atoms with Crippen molar-refractivity contribution in [3.05, 3.63) is 40.3 Å². The number of thioether (sulfide) groups is 1. The zero-order chi connectivity index (χ0) is 12.3. The number of hydrogen-bond acceptors (Lipinski definition) is 3. The van der Waals surface area contributed by atoms with E-state index in [2.05, 4.69) is 37.7 Å². The Morgan fingerprint density at radius 2 is 2.24 bits per heavy atom. The second-order valence-corrected chi connectivity index (χ2v) is 5.58. The predicted octanol–water partition coefficient (Wildman–Crippen LogP) is 4.08. The number of nitrogens with zero attached hydrogens (tertiary/aromatic N) is 2. The largest absolute Gasteiger partial charge is 0.258 e. The van der Waals surface area contributed by atoms with Crippen molar-refractivity contribution >= 4 is 39.3 Å². The van der Waals surface area contributed by atoms with Gasteiger partial charge in [0.25, 0.3) is 0 Å². The molecule has 1 N–H and O–H groups in total. The molecule has 3 nitrogen and oxygen atoms in total. The van der Waals surface area contributed by atoms with Gasteiger partial charge in [-0.1, -0.05) is 64.1 Å². The number of H-pyrrole nitrogens is 1. The van der Waals surface area contributed by atoms with Crippen molar-refractivity contribution < 1.29 is 0 Å².